The van der Waals surface area contributed by atoms with Gasteiger partial charge in [0.05, 0.1) is 6.61 Å². The van der Waals surface area contributed by atoms with Crippen LogP contribution in [0.3, 0.4) is 0 Å². The fourth-order valence-electron chi connectivity index (χ4n) is 2.05. The van der Waals surface area contributed by atoms with Gasteiger partial charge < -0.3 is 0 Å². The molecule has 0 aliphatic heterocycles. The largest absolute Gasteiger partial charge is 0.397 e. The summed E-state index contributed by atoms with van der Waals surface area (Å²) < 4.78 is 33.5. The van der Waals surface area contributed by atoms with Gasteiger partial charge >= 0.3 is 10.4 Å². The summed E-state index contributed by atoms with van der Waals surface area (Å²) in [4.78, 5) is 0. The minimum atomic E-state index is -4.27. The summed E-state index contributed by atoms with van der Waals surface area (Å²) >= 11 is 0. The fraction of sp³-hybridized carbons (Fsp3) is 1.00. The lowest BCUT2D eigenvalue weighted by molar-refractivity contribution is 0.225. The Bertz CT molecular complexity index is 296. The van der Waals surface area contributed by atoms with Crippen LogP contribution in [0.4, 0.5) is 0 Å². The third-order valence-corrected chi connectivity index (χ3v) is 3.65. The van der Waals surface area contributed by atoms with Crippen LogP contribution in [0.2, 0.25) is 0 Å². The maximum absolute atomic E-state index is 10.4. The van der Waals surface area contributed by atoms with Gasteiger partial charge in [0.1, 0.15) is 0 Å². The lowest BCUT2D eigenvalue weighted by atomic mass is 9.82. The van der Waals surface area contributed by atoms with Crippen molar-refractivity contribution in [2.24, 2.45) is 5.41 Å². The van der Waals surface area contributed by atoms with Gasteiger partial charge in [0.15, 0.2) is 0 Å². The molecule has 0 heterocycles. The van der Waals surface area contributed by atoms with Crippen molar-refractivity contribution in [1.82, 2.24) is 0 Å². The molecule has 0 spiro atoms. The average Bonchev–Trinajstić information content (AvgIpc) is 2.23. The number of rotatable bonds is 11. The van der Waals surface area contributed by atoms with E-state index in [1.54, 1.807) is 0 Å². The van der Waals surface area contributed by atoms with Gasteiger partial charge in [-0.15, -0.1) is 0 Å². The second-order valence-electron chi connectivity index (χ2n) is 5.68. The van der Waals surface area contributed by atoms with Gasteiger partial charge in [0, 0.05) is 0 Å². The molecule has 0 fully saturated rings. The van der Waals surface area contributed by atoms with Crippen LogP contribution in [-0.2, 0) is 14.6 Å². The minimum absolute atomic E-state index is 0.0676. The average molecular weight is 280 g/mol. The highest BCUT2D eigenvalue weighted by molar-refractivity contribution is 7.80. The third kappa shape index (κ3) is 12.3. The molecule has 0 aromatic carbocycles. The van der Waals surface area contributed by atoms with Gasteiger partial charge in [-0.2, -0.15) is 8.42 Å². The molecule has 110 valence electrons. The van der Waals surface area contributed by atoms with Crippen LogP contribution in [-0.4, -0.2) is 19.6 Å². The SMILES string of the molecule is CCCCCCCC(C)(C)CCCOS(=O)(=O)O. The number of unbranched alkanes of at least 4 members (excludes halogenated alkanes) is 4. The van der Waals surface area contributed by atoms with Gasteiger partial charge in [0.2, 0.25) is 0 Å². The molecule has 0 unspecified atom stereocenters. The van der Waals surface area contributed by atoms with E-state index in [-0.39, 0.29) is 12.0 Å². The zero-order valence-corrected chi connectivity index (χ0v) is 12.8. The number of hydrogen-bond acceptors (Lipinski definition) is 3. The van der Waals surface area contributed by atoms with Gasteiger partial charge in [-0.1, -0.05) is 52.9 Å². The van der Waals surface area contributed by atoms with Crippen LogP contribution >= 0.6 is 0 Å². The van der Waals surface area contributed by atoms with Crippen molar-refractivity contribution in [3.63, 3.8) is 0 Å². The molecule has 18 heavy (non-hydrogen) atoms. The molecular weight excluding hydrogens is 252 g/mol. The van der Waals surface area contributed by atoms with E-state index >= 15 is 0 Å². The first kappa shape index (κ1) is 17.9. The minimum Gasteiger partial charge on any atom is -0.264 e. The highest BCUT2D eigenvalue weighted by Gasteiger charge is 2.17. The first-order valence-electron chi connectivity index (χ1n) is 6.89. The first-order chi connectivity index (χ1) is 8.27. The molecule has 0 aromatic rings. The van der Waals surface area contributed by atoms with Crippen molar-refractivity contribution >= 4 is 10.4 Å². The molecule has 0 aliphatic carbocycles. The molecule has 0 aliphatic rings. The molecular formula is C13H28O4S. The molecule has 1 N–H and O–H groups in total. The van der Waals surface area contributed by atoms with Crippen molar-refractivity contribution in [2.75, 3.05) is 6.61 Å². The molecule has 0 aromatic heterocycles. The van der Waals surface area contributed by atoms with Crippen molar-refractivity contribution in [3.05, 3.63) is 0 Å². The van der Waals surface area contributed by atoms with Crippen LogP contribution in [0.15, 0.2) is 0 Å². The van der Waals surface area contributed by atoms with E-state index in [1.165, 1.54) is 32.1 Å². The van der Waals surface area contributed by atoms with Crippen molar-refractivity contribution < 1.29 is 17.2 Å². The summed E-state index contributed by atoms with van der Waals surface area (Å²) in [6, 6.07) is 0. The first-order valence-corrected chi connectivity index (χ1v) is 8.25. The van der Waals surface area contributed by atoms with E-state index in [0.29, 0.717) is 6.42 Å². The van der Waals surface area contributed by atoms with E-state index in [2.05, 4.69) is 25.0 Å². The highest BCUT2D eigenvalue weighted by Crippen LogP contribution is 2.29. The molecule has 4 nitrogen and oxygen atoms in total. The summed E-state index contributed by atoms with van der Waals surface area (Å²) in [5.74, 6) is 0. The third-order valence-electron chi connectivity index (χ3n) is 3.19. The summed E-state index contributed by atoms with van der Waals surface area (Å²) in [5, 5.41) is 0. The van der Waals surface area contributed by atoms with E-state index in [9.17, 15) is 8.42 Å². The topological polar surface area (TPSA) is 63.6 Å². The molecule has 0 amide bonds. The summed E-state index contributed by atoms with van der Waals surface area (Å²) in [6.07, 6.45) is 9.10. The van der Waals surface area contributed by atoms with E-state index in [1.807, 2.05) is 0 Å². The van der Waals surface area contributed by atoms with Crippen molar-refractivity contribution in [2.45, 2.75) is 72.1 Å². The molecule has 0 rings (SSSR count). The molecule has 5 heteroatoms. The maximum Gasteiger partial charge on any atom is 0.397 e. The van der Waals surface area contributed by atoms with Gasteiger partial charge in [-0.3, -0.25) is 4.55 Å². The highest BCUT2D eigenvalue weighted by atomic mass is 32.3. The Morgan fingerprint density at radius 3 is 2.11 bits per heavy atom. The Morgan fingerprint density at radius 1 is 1.00 bits per heavy atom. The second-order valence-corrected chi connectivity index (χ2v) is 6.77. The Hall–Kier alpha value is -0.130. The predicted molar refractivity (Wildman–Crippen MR) is 73.9 cm³/mol. The normalized spacial score (nSPS) is 12.9. The second kappa shape index (κ2) is 8.88. The summed E-state index contributed by atoms with van der Waals surface area (Å²) in [6.45, 7) is 6.66. The van der Waals surface area contributed by atoms with Crippen LogP contribution in [0.1, 0.15) is 72.1 Å². The summed E-state index contributed by atoms with van der Waals surface area (Å²) in [5.41, 5.74) is 0.217. The van der Waals surface area contributed by atoms with Crippen LogP contribution in [0.25, 0.3) is 0 Å². The van der Waals surface area contributed by atoms with E-state index in [4.69, 9.17) is 4.55 Å². The molecule has 0 radical (unpaired) electrons. The Labute approximate surface area is 112 Å². The van der Waals surface area contributed by atoms with Crippen LogP contribution in [0, 0.1) is 5.41 Å². The quantitative estimate of drug-likeness (QED) is 0.459. The lowest BCUT2D eigenvalue weighted by Gasteiger charge is -2.24. The Balaban J connectivity index is 3.60. The van der Waals surface area contributed by atoms with E-state index < -0.39 is 10.4 Å². The zero-order valence-electron chi connectivity index (χ0n) is 11.9. The van der Waals surface area contributed by atoms with E-state index in [0.717, 1.165) is 12.8 Å². The zero-order chi connectivity index (χ0) is 14.1. The molecule has 0 atom stereocenters. The maximum atomic E-state index is 10.4. The fourth-order valence-corrected chi connectivity index (χ4v) is 2.38. The lowest BCUT2D eigenvalue weighted by Crippen LogP contribution is -2.13. The summed E-state index contributed by atoms with van der Waals surface area (Å²) in [7, 11) is -4.27. The van der Waals surface area contributed by atoms with Crippen molar-refractivity contribution in [1.29, 1.82) is 0 Å². The Morgan fingerprint density at radius 2 is 1.56 bits per heavy atom. The Kier molecular flexibility index (Phi) is 8.82. The smallest absolute Gasteiger partial charge is 0.264 e. The monoisotopic (exact) mass is 280 g/mol. The molecule has 0 saturated heterocycles. The van der Waals surface area contributed by atoms with Gasteiger partial charge in [-0.25, -0.2) is 4.18 Å². The van der Waals surface area contributed by atoms with Gasteiger partial charge in [-0.05, 0) is 24.7 Å². The van der Waals surface area contributed by atoms with Crippen LogP contribution in [0.5, 0.6) is 0 Å². The van der Waals surface area contributed by atoms with Crippen molar-refractivity contribution in [3.8, 4) is 0 Å². The molecule has 0 saturated carbocycles. The predicted octanol–water partition coefficient (Wildman–Crippen LogP) is 3.97. The number of hydrogen-bond donors (Lipinski definition) is 1. The molecule has 0 bridgehead atoms. The standard InChI is InChI=1S/C13H28O4S/c1-4-5-6-7-8-10-13(2,3)11-9-12-17-18(14,15)16/h4-12H2,1-3H3,(H,14,15,16). The van der Waals surface area contributed by atoms with Gasteiger partial charge in [0.25, 0.3) is 0 Å². The van der Waals surface area contributed by atoms with Crippen LogP contribution < -0.4 is 0 Å².